The minimum Gasteiger partial charge on any atom is -0.493 e. The van der Waals surface area contributed by atoms with E-state index in [2.05, 4.69) is 17.3 Å². The molecule has 1 fully saturated rings. The topological polar surface area (TPSA) is 24.5 Å². The van der Waals surface area contributed by atoms with E-state index in [9.17, 15) is 4.39 Å². The summed E-state index contributed by atoms with van der Waals surface area (Å²) in [7, 11) is 4.01. The predicted molar refractivity (Wildman–Crippen MR) is 84.3 cm³/mol. The lowest BCUT2D eigenvalue weighted by atomic mass is 10.0. The third-order valence-corrected chi connectivity index (χ3v) is 4.51. The van der Waals surface area contributed by atoms with Crippen LogP contribution in [-0.4, -0.2) is 38.2 Å². The van der Waals surface area contributed by atoms with Crippen LogP contribution in [0.4, 0.5) is 4.39 Å². The molecular weight excluding hydrogens is 267 g/mol. The summed E-state index contributed by atoms with van der Waals surface area (Å²) in [5, 5.41) is 3.05. The van der Waals surface area contributed by atoms with Crippen molar-refractivity contribution in [3.05, 3.63) is 29.6 Å². The Labute approximate surface area is 127 Å². The third-order valence-electron chi connectivity index (χ3n) is 4.51. The van der Waals surface area contributed by atoms with Crippen LogP contribution in [0.5, 0.6) is 5.75 Å². The van der Waals surface area contributed by atoms with Crippen molar-refractivity contribution >= 4 is 0 Å². The number of hydrogen-bond acceptors (Lipinski definition) is 3. The predicted octanol–water partition coefficient (Wildman–Crippen LogP) is 3.36. The molecule has 0 amide bonds. The minimum absolute atomic E-state index is 0.00920. The van der Waals surface area contributed by atoms with Gasteiger partial charge in [-0.1, -0.05) is 12.5 Å². The zero-order valence-electron chi connectivity index (χ0n) is 13.4. The fourth-order valence-corrected chi connectivity index (χ4v) is 2.93. The first-order chi connectivity index (χ1) is 10.1. The highest BCUT2D eigenvalue weighted by Gasteiger charge is 2.18. The van der Waals surface area contributed by atoms with Crippen LogP contribution in [0.2, 0.25) is 0 Å². The molecule has 3 nitrogen and oxygen atoms in total. The van der Waals surface area contributed by atoms with Crippen molar-refractivity contribution in [3.63, 3.8) is 0 Å². The van der Waals surface area contributed by atoms with Crippen LogP contribution >= 0.6 is 0 Å². The largest absolute Gasteiger partial charge is 0.493 e. The number of nitrogens with zero attached hydrogens (tertiary/aromatic N) is 1. The van der Waals surface area contributed by atoms with Gasteiger partial charge in [0.2, 0.25) is 0 Å². The van der Waals surface area contributed by atoms with E-state index in [-0.39, 0.29) is 11.9 Å². The lowest BCUT2D eigenvalue weighted by Crippen LogP contribution is -2.37. The molecule has 0 spiro atoms. The van der Waals surface area contributed by atoms with Crippen LogP contribution in [0.15, 0.2) is 18.2 Å². The van der Waals surface area contributed by atoms with Gasteiger partial charge in [-0.3, -0.25) is 0 Å². The van der Waals surface area contributed by atoms with Crippen LogP contribution in [0.1, 0.15) is 44.2 Å². The first-order valence-electron chi connectivity index (χ1n) is 7.91. The summed E-state index contributed by atoms with van der Waals surface area (Å²) < 4.78 is 19.7. The molecule has 1 aromatic rings. The Balaban J connectivity index is 1.84. The van der Waals surface area contributed by atoms with Gasteiger partial charge in [-0.25, -0.2) is 4.39 Å². The first kappa shape index (κ1) is 16.2. The second-order valence-electron chi connectivity index (χ2n) is 5.96. The van der Waals surface area contributed by atoms with Crippen molar-refractivity contribution in [3.8, 4) is 5.75 Å². The van der Waals surface area contributed by atoms with E-state index in [0.717, 1.165) is 6.42 Å². The van der Waals surface area contributed by atoms with Crippen LogP contribution < -0.4 is 10.1 Å². The maximum Gasteiger partial charge on any atom is 0.131 e. The van der Waals surface area contributed by atoms with Crippen LogP contribution in [0.25, 0.3) is 0 Å². The third kappa shape index (κ3) is 4.42. The van der Waals surface area contributed by atoms with Crippen molar-refractivity contribution in [1.82, 2.24) is 10.2 Å². The molecule has 0 saturated carbocycles. The fourth-order valence-electron chi connectivity index (χ4n) is 2.93. The number of benzene rings is 1. The molecule has 0 aromatic heterocycles. The van der Waals surface area contributed by atoms with E-state index in [1.54, 1.807) is 6.07 Å². The number of rotatable bonds is 6. The van der Waals surface area contributed by atoms with Gasteiger partial charge in [0, 0.05) is 23.7 Å². The normalized spacial score (nSPS) is 21.2. The Morgan fingerprint density at radius 2 is 2.24 bits per heavy atom. The molecule has 4 heteroatoms. The molecule has 21 heavy (non-hydrogen) atoms. The lowest BCUT2D eigenvalue weighted by Gasteiger charge is -2.32. The SMILES string of the molecule is CNC(C)c1ccc(OCCC2CCCCN2C)cc1F. The monoisotopic (exact) mass is 294 g/mol. The number of piperidine rings is 1. The summed E-state index contributed by atoms with van der Waals surface area (Å²) in [4.78, 5) is 2.41. The Morgan fingerprint density at radius 3 is 2.90 bits per heavy atom. The number of ether oxygens (including phenoxy) is 1. The molecule has 0 aliphatic carbocycles. The highest BCUT2D eigenvalue weighted by molar-refractivity contribution is 5.30. The van der Waals surface area contributed by atoms with Gasteiger partial charge >= 0.3 is 0 Å². The molecule has 2 atom stereocenters. The van der Waals surface area contributed by atoms with E-state index in [4.69, 9.17) is 4.74 Å². The van der Waals surface area contributed by atoms with Gasteiger partial charge in [0.25, 0.3) is 0 Å². The fraction of sp³-hybridized carbons (Fsp3) is 0.647. The molecule has 1 N–H and O–H groups in total. The molecule has 2 rings (SSSR count). The van der Waals surface area contributed by atoms with E-state index < -0.39 is 0 Å². The average Bonchev–Trinajstić information content (AvgIpc) is 2.48. The molecule has 1 aromatic carbocycles. The van der Waals surface area contributed by atoms with Crippen LogP contribution in [-0.2, 0) is 0 Å². The van der Waals surface area contributed by atoms with E-state index >= 15 is 0 Å². The van der Waals surface area contributed by atoms with E-state index in [1.807, 2.05) is 20.0 Å². The number of hydrogen-bond donors (Lipinski definition) is 1. The first-order valence-corrected chi connectivity index (χ1v) is 7.91. The maximum absolute atomic E-state index is 14.0. The molecule has 1 aliphatic heterocycles. The minimum atomic E-state index is -0.205. The van der Waals surface area contributed by atoms with Gasteiger partial charge in [-0.2, -0.15) is 0 Å². The van der Waals surface area contributed by atoms with Crippen molar-refractivity contribution in [2.24, 2.45) is 0 Å². The molecule has 1 heterocycles. The summed E-state index contributed by atoms with van der Waals surface area (Å²) in [5.74, 6) is 0.419. The van der Waals surface area contributed by atoms with Gasteiger partial charge in [-0.15, -0.1) is 0 Å². The standard InChI is InChI=1S/C17H27FN2O/c1-13(19-2)16-8-7-15(12-17(16)18)21-11-9-14-6-4-5-10-20(14)3/h7-8,12-14,19H,4-6,9-11H2,1-3H3. The average molecular weight is 294 g/mol. The molecule has 0 radical (unpaired) electrons. The van der Waals surface area contributed by atoms with Crippen molar-refractivity contribution in [1.29, 1.82) is 0 Å². The zero-order valence-corrected chi connectivity index (χ0v) is 13.4. The van der Waals surface area contributed by atoms with E-state index in [0.29, 0.717) is 24.0 Å². The number of likely N-dealkylation sites (tertiary alicyclic amines) is 1. The highest BCUT2D eigenvalue weighted by atomic mass is 19.1. The molecule has 1 aliphatic rings. The Bertz CT molecular complexity index is 452. The number of halogens is 1. The van der Waals surface area contributed by atoms with Crippen LogP contribution in [0, 0.1) is 5.82 Å². The molecule has 1 saturated heterocycles. The quantitative estimate of drug-likeness (QED) is 0.870. The second kappa shape index (κ2) is 7.76. The van der Waals surface area contributed by atoms with Crippen molar-refractivity contribution in [2.45, 2.75) is 44.7 Å². The smallest absolute Gasteiger partial charge is 0.131 e. The van der Waals surface area contributed by atoms with Crippen molar-refractivity contribution < 1.29 is 9.13 Å². The maximum atomic E-state index is 14.0. The summed E-state index contributed by atoms with van der Waals surface area (Å²) >= 11 is 0. The summed E-state index contributed by atoms with van der Waals surface area (Å²) in [6.07, 6.45) is 4.85. The number of nitrogens with one attached hydrogen (secondary N) is 1. The molecular formula is C17H27FN2O. The molecule has 0 bridgehead atoms. The van der Waals surface area contributed by atoms with Gasteiger partial charge < -0.3 is 15.0 Å². The van der Waals surface area contributed by atoms with Crippen molar-refractivity contribution in [2.75, 3.05) is 27.2 Å². The Hall–Kier alpha value is -1.13. The zero-order chi connectivity index (χ0) is 15.2. The molecule has 118 valence electrons. The summed E-state index contributed by atoms with van der Waals surface area (Å²) in [6.45, 7) is 3.77. The summed E-state index contributed by atoms with van der Waals surface area (Å²) in [6, 6.07) is 5.77. The Morgan fingerprint density at radius 1 is 1.43 bits per heavy atom. The highest BCUT2D eigenvalue weighted by Crippen LogP contribution is 2.23. The van der Waals surface area contributed by atoms with Crippen LogP contribution in [0.3, 0.4) is 0 Å². The van der Waals surface area contributed by atoms with Gasteiger partial charge in [-0.05, 0) is 52.9 Å². The van der Waals surface area contributed by atoms with Gasteiger partial charge in [0.15, 0.2) is 0 Å². The van der Waals surface area contributed by atoms with Gasteiger partial charge in [0.05, 0.1) is 6.61 Å². The van der Waals surface area contributed by atoms with E-state index in [1.165, 1.54) is 31.9 Å². The Kier molecular flexibility index (Phi) is 6.00. The van der Waals surface area contributed by atoms with Gasteiger partial charge in [0.1, 0.15) is 11.6 Å². The second-order valence-corrected chi connectivity index (χ2v) is 5.96. The lowest BCUT2D eigenvalue weighted by molar-refractivity contribution is 0.153. The molecule has 2 unspecified atom stereocenters. The summed E-state index contributed by atoms with van der Waals surface area (Å²) in [5.41, 5.74) is 0.678.